The average Bonchev–Trinajstić information content (AvgIpc) is 3.29. The predicted octanol–water partition coefficient (Wildman–Crippen LogP) is 4.46. The zero-order valence-electron chi connectivity index (χ0n) is 14.6. The van der Waals surface area contributed by atoms with Crippen LogP contribution in [0, 0.1) is 6.92 Å². The summed E-state index contributed by atoms with van der Waals surface area (Å²) < 4.78 is 11.3. The lowest BCUT2D eigenvalue weighted by Crippen LogP contribution is -2.01. The number of aryl methyl sites for hydroxylation is 1. The summed E-state index contributed by atoms with van der Waals surface area (Å²) in [5, 5.41) is 13.8. The van der Waals surface area contributed by atoms with Gasteiger partial charge in [-0.3, -0.25) is 0 Å². The summed E-state index contributed by atoms with van der Waals surface area (Å²) in [6.07, 6.45) is 0.900. The second kappa shape index (κ2) is 6.65. The molecule has 0 aliphatic rings. The molecule has 1 unspecified atom stereocenters. The molecule has 6 nitrogen and oxygen atoms in total. The van der Waals surface area contributed by atoms with Crippen molar-refractivity contribution in [1.82, 2.24) is 9.97 Å². The van der Waals surface area contributed by atoms with Crippen LogP contribution in [0.2, 0.25) is 0 Å². The first kappa shape index (κ1) is 16.4. The number of hydrogen-bond acceptors (Lipinski definition) is 6. The fraction of sp³-hybridized carbons (Fsp3) is 0.200. The maximum Gasteiger partial charge on any atom is 0.137 e. The normalized spacial score (nSPS) is 12.4. The molecule has 0 radical (unpaired) electrons. The maximum absolute atomic E-state index is 9.65. The van der Waals surface area contributed by atoms with Gasteiger partial charge in [-0.15, -0.1) is 0 Å². The van der Waals surface area contributed by atoms with Crippen molar-refractivity contribution in [2.45, 2.75) is 26.5 Å². The Bertz CT molecular complexity index is 1050. The summed E-state index contributed by atoms with van der Waals surface area (Å²) >= 11 is 0. The third kappa shape index (κ3) is 3.19. The third-order valence-electron chi connectivity index (χ3n) is 4.18. The van der Waals surface area contributed by atoms with Crippen molar-refractivity contribution in [2.24, 2.45) is 0 Å². The van der Waals surface area contributed by atoms with Gasteiger partial charge >= 0.3 is 0 Å². The van der Waals surface area contributed by atoms with Crippen LogP contribution in [0.5, 0.6) is 0 Å². The topological polar surface area (TPSA) is 84.3 Å². The SMILES string of the molecule is Cc1ccc(CNc2ncnc3ccc(-c4ccc(C(C)O)o4)cc23)o1. The van der Waals surface area contributed by atoms with E-state index < -0.39 is 6.10 Å². The van der Waals surface area contributed by atoms with Crippen LogP contribution >= 0.6 is 0 Å². The molecule has 3 aromatic heterocycles. The number of hydrogen-bond donors (Lipinski definition) is 2. The second-order valence-corrected chi connectivity index (χ2v) is 6.20. The van der Waals surface area contributed by atoms with E-state index in [-0.39, 0.29) is 0 Å². The molecule has 0 fully saturated rings. The first-order valence-electron chi connectivity index (χ1n) is 8.42. The van der Waals surface area contributed by atoms with Gasteiger partial charge in [0.05, 0.1) is 12.1 Å². The number of fused-ring (bicyclic) bond motifs is 1. The molecule has 2 N–H and O–H groups in total. The van der Waals surface area contributed by atoms with Gasteiger partial charge in [-0.25, -0.2) is 9.97 Å². The summed E-state index contributed by atoms with van der Waals surface area (Å²) in [6.45, 7) is 4.13. The van der Waals surface area contributed by atoms with Gasteiger partial charge in [0.2, 0.25) is 0 Å². The van der Waals surface area contributed by atoms with Crippen molar-refractivity contribution in [3.8, 4) is 11.3 Å². The fourth-order valence-electron chi connectivity index (χ4n) is 2.83. The molecule has 0 amide bonds. The van der Waals surface area contributed by atoms with Crippen LogP contribution in [0.15, 0.2) is 57.6 Å². The number of aliphatic hydroxyl groups is 1. The Morgan fingerprint density at radius 1 is 1.08 bits per heavy atom. The van der Waals surface area contributed by atoms with E-state index in [9.17, 15) is 5.11 Å². The summed E-state index contributed by atoms with van der Waals surface area (Å²) in [5.41, 5.74) is 1.74. The van der Waals surface area contributed by atoms with Gasteiger partial charge in [0.1, 0.15) is 41.3 Å². The highest BCUT2D eigenvalue weighted by atomic mass is 16.4. The predicted molar refractivity (Wildman–Crippen MR) is 98.6 cm³/mol. The van der Waals surface area contributed by atoms with Crippen LogP contribution in [-0.2, 0) is 6.54 Å². The van der Waals surface area contributed by atoms with E-state index in [1.807, 2.05) is 43.3 Å². The van der Waals surface area contributed by atoms with Crippen LogP contribution < -0.4 is 5.32 Å². The lowest BCUT2D eigenvalue weighted by Gasteiger charge is -2.08. The Morgan fingerprint density at radius 2 is 1.96 bits per heavy atom. The zero-order valence-corrected chi connectivity index (χ0v) is 14.6. The smallest absolute Gasteiger partial charge is 0.137 e. The molecule has 6 heteroatoms. The average molecular weight is 349 g/mol. The Hall–Kier alpha value is -3.12. The van der Waals surface area contributed by atoms with Crippen molar-refractivity contribution in [3.63, 3.8) is 0 Å². The Morgan fingerprint density at radius 3 is 2.69 bits per heavy atom. The van der Waals surface area contributed by atoms with Gasteiger partial charge in [-0.05, 0) is 56.3 Å². The molecule has 0 saturated carbocycles. The van der Waals surface area contributed by atoms with E-state index in [2.05, 4.69) is 15.3 Å². The lowest BCUT2D eigenvalue weighted by molar-refractivity contribution is 0.170. The van der Waals surface area contributed by atoms with Crippen LogP contribution in [0.1, 0.15) is 30.3 Å². The molecular formula is C20H19N3O3. The molecule has 132 valence electrons. The van der Waals surface area contributed by atoms with Crippen molar-refractivity contribution in [3.05, 3.63) is 66.1 Å². The molecule has 1 atom stereocenters. The number of aromatic nitrogens is 2. The number of benzene rings is 1. The van der Waals surface area contributed by atoms with E-state index >= 15 is 0 Å². The van der Waals surface area contributed by atoms with E-state index in [1.165, 1.54) is 6.33 Å². The van der Waals surface area contributed by atoms with Gasteiger partial charge in [-0.2, -0.15) is 0 Å². The summed E-state index contributed by atoms with van der Waals surface area (Å²) in [7, 11) is 0. The molecule has 3 heterocycles. The van der Waals surface area contributed by atoms with Crippen molar-refractivity contribution in [2.75, 3.05) is 5.32 Å². The number of aliphatic hydroxyl groups excluding tert-OH is 1. The molecule has 0 bridgehead atoms. The molecule has 0 aliphatic heterocycles. The Kier molecular flexibility index (Phi) is 4.18. The van der Waals surface area contributed by atoms with Crippen LogP contribution in [0.4, 0.5) is 5.82 Å². The number of nitrogens with zero attached hydrogens (tertiary/aromatic N) is 2. The van der Waals surface area contributed by atoms with Gasteiger partial charge in [-0.1, -0.05) is 0 Å². The Labute approximate surface area is 150 Å². The second-order valence-electron chi connectivity index (χ2n) is 6.20. The summed E-state index contributed by atoms with van der Waals surface area (Å²) in [4.78, 5) is 8.69. The molecule has 26 heavy (non-hydrogen) atoms. The van der Waals surface area contributed by atoms with Crippen LogP contribution in [-0.4, -0.2) is 15.1 Å². The van der Waals surface area contributed by atoms with Crippen molar-refractivity contribution >= 4 is 16.7 Å². The molecule has 1 aromatic carbocycles. The molecular weight excluding hydrogens is 330 g/mol. The highest BCUT2D eigenvalue weighted by Crippen LogP contribution is 2.29. The first-order chi connectivity index (χ1) is 12.6. The van der Waals surface area contributed by atoms with E-state index in [0.29, 0.717) is 18.1 Å². The van der Waals surface area contributed by atoms with Gasteiger partial charge in [0, 0.05) is 10.9 Å². The highest BCUT2D eigenvalue weighted by molar-refractivity contribution is 5.92. The zero-order chi connectivity index (χ0) is 18.1. The molecule has 4 aromatic rings. The standard InChI is InChI=1S/C20H19N3O3/c1-12-3-5-15(25-12)10-21-20-16-9-14(4-6-17(16)22-11-23-20)19-8-7-18(26-19)13(2)24/h3-9,11,13,24H,10H2,1-2H3,(H,21,22,23). The monoisotopic (exact) mass is 349 g/mol. The van der Waals surface area contributed by atoms with Gasteiger partial charge in [0.25, 0.3) is 0 Å². The number of rotatable bonds is 5. The maximum atomic E-state index is 9.65. The van der Waals surface area contributed by atoms with Crippen LogP contribution in [0.25, 0.3) is 22.2 Å². The van der Waals surface area contributed by atoms with E-state index in [0.717, 1.165) is 33.8 Å². The minimum Gasteiger partial charge on any atom is -0.465 e. The summed E-state index contributed by atoms with van der Waals surface area (Å²) in [5.74, 6) is 3.69. The highest BCUT2D eigenvalue weighted by Gasteiger charge is 2.11. The minimum absolute atomic E-state index is 0.538. The van der Waals surface area contributed by atoms with E-state index in [1.54, 1.807) is 13.0 Å². The van der Waals surface area contributed by atoms with Crippen LogP contribution in [0.3, 0.4) is 0 Å². The Balaban J connectivity index is 1.67. The van der Waals surface area contributed by atoms with Gasteiger partial charge in [0.15, 0.2) is 0 Å². The van der Waals surface area contributed by atoms with Gasteiger partial charge < -0.3 is 19.3 Å². The molecule has 0 saturated heterocycles. The molecule has 0 spiro atoms. The summed E-state index contributed by atoms with van der Waals surface area (Å²) in [6, 6.07) is 13.4. The third-order valence-corrected chi connectivity index (χ3v) is 4.18. The first-order valence-corrected chi connectivity index (χ1v) is 8.42. The minimum atomic E-state index is -0.637. The fourth-order valence-corrected chi connectivity index (χ4v) is 2.83. The number of anilines is 1. The molecule has 4 rings (SSSR count). The van der Waals surface area contributed by atoms with E-state index in [4.69, 9.17) is 8.83 Å². The number of furan rings is 2. The lowest BCUT2D eigenvalue weighted by atomic mass is 10.1. The van der Waals surface area contributed by atoms with Crippen molar-refractivity contribution < 1.29 is 13.9 Å². The van der Waals surface area contributed by atoms with Crippen molar-refractivity contribution in [1.29, 1.82) is 0 Å². The quantitative estimate of drug-likeness (QED) is 0.553. The number of nitrogens with one attached hydrogen (secondary N) is 1. The molecule has 0 aliphatic carbocycles. The largest absolute Gasteiger partial charge is 0.465 e.